The van der Waals surface area contributed by atoms with E-state index in [0.29, 0.717) is 25.9 Å². The second-order valence-electron chi connectivity index (χ2n) is 16.7. The van der Waals surface area contributed by atoms with E-state index in [0.717, 1.165) is 98.1 Å². The highest BCUT2D eigenvalue weighted by Crippen LogP contribution is 2.76. The Balaban J connectivity index is 0.933. The normalized spacial score (nSPS) is 34.0. The average molecular weight is 708 g/mol. The van der Waals surface area contributed by atoms with Crippen molar-refractivity contribution < 1.29 is 33.2 Å². The van der Waals surface area contributed by atoms with Crippen molar-refractivity contribution in [2.75, 3.05) is 40.5 Å². The molecule has 3 aromatic rings. The summed E-state index contributed by atoms with van der Waals surface area (Å²) in [5.41, 5.74) is 4.76. The Labute approximate surface area is 308 Å². The topological polar surface area (TPSA) is 67.9 Å². The van der Waals surface area contributed by atoms with Crippen LogP contribution in [0.15, 0.2) is 60.7 Å². The van der Waals surface area contributed by atoms with Crippen LogP contribution in [0.3, 0.4) is 0 Å². The number of ether oxygens (including phenoxy) is 7. The number of nitrogens with zero attached hydrogens (tertiary/aromatic N) is 1. The monoisotopic (exact) mass is 707 g/mol. The Hall–Kier alpha value is -3.30. The number of benzene rings is 3. The first-order chi connectivity index (χ1) is 25.5. The molecule has 0 amide bonds. The Kier molecular flexibility index (Phi) is 8.28. The third-order valence-electron chi connectivity index (χ3n) is 14.3. The number of hydrogen-bond acceptors (Lipinski definition) is 8. The van der Waals surface area contributed by atoms with E-state index in [2.05, 4.69) is 41.3 Å². The fourth-order valence-electron chi connectivity index (χ4n) is 11.7. The number of rotatable bonds is 13. The number of hydrogen-bond donors (Lipinski definition) is 0. The lowest BCUT2D eigenvalue weighted by molar-refractivity contribution is -0.283. The van der Waals surface area contributed by atoms with Gasteiger partial charge in [-0.1, -0.05) is 30.3 Å². The van der Waals surface area contributed by atoms with Gasteiger partial charge in [0.25, 0.3) is 0 Å². The van der Waals surface area contributed by atoms with Crippen LogP contribution < -0.4 is 18.9 Å². The molecule has 0 N–H and O–H groups in total. The molecule has 7 atom stereocenters. The summed E-state index contributed by atoms with van der Waals surface area (Å²) in [7, 11) is 3.62. The second-order valence-corrected chi connectivity index (χ2v) is 16.7. The van der Waals surface area contributed by atoms with E-state index in [4.69, 9.17) is 33.2 Å². The van der Waals surface area contributed by atoms with Gasteiger partial charge in [0, 0.05) is 48.4 Å². The molecule has 3 aromatic carbocycles. The van der Waals surface area contributed by atoms with E-state index in [9.17, 15) is 0 Å². The largest absolute Gasteiger partial charge is 0.497 e. The van der Waals surface area contributed by atoms with Crippen LogP contribution in [-0.4, -0.2) is 69.5 Å². The molecule has 4 saturated carbocycles. The highest BCUT2D eigenvalue weighted by molar-refractivity contribution is 5.63. The van der Waals surface area contributed by atoms with Crippen molar-refractivity contribution in [3.8, 4) is 23.0 Å². The van der Waals surface area contributed by atoms with E-state index in [1.807, 2.05) is 31.4 Å². The van der Waals surface area contributed by atoms with E-state index in [-0.39, 0.29) is 29.1 Å². The maximum absolute atomic E-state index is 7.39. The van der Waals surface area contributed by atoms with Crippen molar-refractivity contribution in [2.24, 2.45) is 17.3 Å². The summed E-state index contributed by atoms with van der Waals surface area (Å²) in [5.74, 6) is 4.63. The first kappa shape index (κ1) is 33.3. The molecule has 11 rings (SSSR count). The quantitative estimate of drug-likeness (QED) is 0.180. The lowest BCUT2D eigenvalue weighted by Crippen LogP contribution is -2.81. The molecule has 0 radical (unpaired) electrons. The average Bonchev–Trinajstić information content (AvgIpc) is 3.93. The zero-order valence-corrected chi connectivity index (χ0v) is 30.8. The molecular formula is C44H53NO7. The first-order valence-electron chi connectivity index (χ1n) is 19.9. The van der Waals surface area contributed by atoms with Crippen LogP contribution in [0.25, 0.3) is 0 Å². The predicted octanol–water partition coefficient (Wildman–Crippen LogP) is 7.62. The van der Waals surface area contributed by atoms with Crippen LogP contribution in [0.1, 0.15) is 80.0 Å². The zero-order valence-electron chi connectivity index (χ0n) is 30.8. The molecular weight excluding hydrogens is 654 g/mol. The minimum atomic E-state index is -0.427. The summed E-state index contributed by atoms with van der Waals surface area (Å²) < 4.78 is 44.7. The number of piperidine rings is 1. The second kappa shape index (κ2) is 12.9. The fraction of sp³-hybridized carbons (Fsp3) is 0.591. The first-order valence-corrected chi connectivity index (χ1v) is 19.9. The molecule has 5 aliphatic carbocycles. The lowest BCUT2D eigenvalue weighted by Gasteiger charge is -2.74. The molecule has 8 aliphatic rings. The van der Waals surface area contributed by atoms with Gasteiger partial charge < -0.3 is 33.2 Å². The molecule has 4 bridgehead atoms. The number of fused-ring (bicyclic) bond motifs is 2. The van der Waals surface area contributed by atoms with Gasteiger partial charge >= 0.3 is 0 Å². The summed E-state index contributed by atoms with van der Waals surface area (Å²) in [4.78, 5) is 2.90. The molecule has 2 spiro atoms. The van der Waals surface area contributed by atoms with Crippen molar-refractivity contribution in [2.45, 2.75) is 107 Å². The summed E-state index contributed by atoms with van der Waals surface area (Å²) in [6, 6.07) is 21.5. The molecule has 52 heavy (non-hydrogen) atoms. The minimum Gasteiger partial charge on any atom is -0.497 e. The van der Waals surface area contributed by atoms with Gasteiger partial charge in [0.15, 0.2) is 17.8 Å². The van der Waals surface area contributed by atoms with Gasteiger partial charge in [0.2, 0.25) is 0 Å². The summed E-state index contributed by atoms with van der Waals surface area (Å²) in [6.45, 7) is 4.84. The van der Waals surface area contributed by atoms with Crippen molar-refractivity contribution in [1.29, 1.82) is 0 Å². The van der Waals surface area contributed by atoms with E-state index < -0.39 is 5.60 Å². The Bertz CT molecular complexity index is 1770. The van der Waals surface area contributed by atoms with Gasteiger partial charge in [-0.3, -0.25) is 4.90 Å². The Morgan fingerprint density at radius 1 is 0.846 bits per heavy atom. The lowest BCUT2D eigenvalue weighted by atomic mass is 9.35. The molecule has 8 nitrogen and oxygen atoms in total. The van der Waals surface area contributed by atoms with Gasteiger partial charge in [-0.15, -0.1) is 0 Å². The highest BCUT2D eigenvalue weighted by Gasteiger charge is 2.80. The van der Waals surface area contributed by atoms with Gasteiger partial charge in [0.05, 0.1) is 26.9 Å². The van der Waals surface area contributed by atoms with Crippen LogP contribution in [0.2, 0.25) is 0 Å². The van der Waals surface area contributed by atoms with E-state index in [1.54, 1.807) is 7.11 Å². The molecule has 3 heterocycles. The Morgan fingerprint density at radius 3 is 2.40 bits per heavy atom. The summed E-state index contributed by atoms with van der Waals surface area (Å²) >= 11 is 0. The van der Waals surface area contributed by atoms with Crippen molar-refractivity contribution in [3.05, 3.63) is 82.9 Å². The van der Waals surface area contributed by atoms with Crippen LogP contribution in [0, 0.1) is 17.3 Å². The molecule has 3 unspecified atom stereocenters. The molecule has 0 aromatic heterocycles. The molecule has 3 aliphatic heterocycles. The fourth-order valence-corrected chi connectivity index (χ4v) is 11.7. The van der Waals surface area contributed by atoms with Crippen molar-refractivity contribution >= 4 is 0 Å². The maximum Gasteiger partial charge on any atom is 0.199 e. The van der Waals surface area contributed by atoms with Crippen molar-refractivity contribution in [1.82, 2.24) is 4.90 Å². The number of likely N-dealkylation sites (tertiary alicyclic amines) is 1. The molecule has 276 valence electrons. The minimum absolute atomic E-state index is 0.0649. The van der Waals surface area contributed by atoms with Crippen LogP contribution in [0.4, 0.5) is 0 Å². The Morgan fingerprint density at radius 2 is 1.65 bits per heavy atom. The molecule has 2 saturated heterocycles. The van der Waals surface area contributed by atoms with Gasteiger partial charge in [-0.05, 0) is 117 Å². The van der Waals surface area contributed by atoms with Gasteiger partial charge in [0.1, 0.15) is 29.8 Å². The van der Waals surface area contributed by atoms with Crippen LogP contribution in [-0.2, 0) is 39.3 Å². The van der Waals surface area contributed by atoms with Gasteiger partial charge in [-0.2, -0.15) is 0 Å². The van der Waals surface area contributed by atoms with E-state index in [1.165, 1.54) is 36.9 Å². The van der Waals surface area contributed by atoms with Crippen molar-refractivity contribution in [3.63, 3.8) is 0 Å². The highest BCUT2D eigenvalue weighted by atomic mass is 16.7. The molecule has 8 heteroatoms. The maximum atomic E-state index is 7.39. The predicted molar refractivity (Wildman–Crippen MR) is 196 cm³/mol. The SMILES string of the molecule is COc1ccc(COc2ccc3c4c2O[C@H]2C5(OC)CCC6(C[C@@H]5COCc5ccc(OC7CCCCO7)cc5)[C@@H](C3)N(CC3CC3)CC[C@]426)cc1. The summed E-state index contributed by atoms with van der Waals surface area (Å²) in [6.07, 6.45) is 11.3. The van der Waals surface area contributed by atoms with Crippen LogP contribution >= 0.6 is 0 Å². The zero-order chi connectivity index (χ0) is 34.9. The molecule has 6 fully saturated rings. The van der Waals surface area contributed by atoms with Crippen LogP contribution in [0.5, 0.6) is 23.0 Å². The third-order valence-corrected chi connectivity index (χ3v) is 14.3. The third kappa shape index (κ3) is 5.14. The number of methoxy groups -OCH3 is 2. The standard InChI is InChI=1S/C44H53NO7/c1-46-34-13-8-31(9-14-34)27-50-36-17-12-32-23-37-42-18-19-44(47-2,41-43(42,39(32)40(36)52-41)20-21-45(37)25-29-6-7-29)33(24-42)28-48-26-30-10-15-35(16-11-30)51-38-5-3-4-22-49-38/h8-17,29,33,37-38,41H,3-7,18-28H2,1-2H3/t33-,37-,38?,41-,42?,43+,44?/m1/s1. The van der Waals surface area contributed by atoms with Gasteiger partial charge in [-0.25, -0.2) is 0 Å². The summed E-state index contributed by atoms with van der Waals surface area (Å²) in [5, 5.41) is 0. The smallest absolute Gasteiger partial charge is 0.199 e. The van der Waals surface area contributed by atoms with E-state index >= 15 is 0 Å².